The van der Waals surface area contributed by atoms with Gasteiger partial charge in [-0.3, -0.25) is 0 Å². The lowest BCUT2D eigenvalue weighted by Gasteiger charge is -2.14. The Hall–Kier alpha value is -0.490. The molecule has 0 saturated carbocycles. The number of benzene rings is 1. The summed E-state index contributed by atoms with van der Waals surface area (Å²) in [4.78, 5) is 0. The lowest BCUT2D eigenvalue weighted by molar-refractivity contribution is 0.843. The Bertz CT molecular complexity index is 300. The first-order valence-electron chi connectivity index (χ1n) is 4.85. The molecule has 72 valence electrons. The van der Waals surface area contributed by atoms with E-state index in [0.717, 1.165) is 11.4 Å². The van der Waals surface area contributed by atoms with Gasteiger partial charge in [0.25, 0.3) is 0 Å². The topological polar surface area (TPSA) is 0 Å². The van der Waals surface area contributed by atoms with E-state index in [9.17, 15) is 0 Å². The summed E-state index contributed by atoms with van der Waals surface area (Å²) in [5, 5.41) is 0.923. The van der Waals surface area contributed by atoms with E-state index in [4.69, 9.17) is 11.6 Å². The minimum Gasteiger partial charge on any atom is -0.0840 e. The molecule has 1 rings (SSSR count). The molecule has 0 bridgehead atoms. The number of hydrogen-bond acceptors (Lipinski definition) is 0. The first kappa shape index (κ1) is 10.6. The third-order valence-electron chi connectivity index (χ3n) is 2.32. The van der Waals surface area contributed by atoms with Crippen LogP contribution in [-0.4, -0.2) is 0 Å². The van der Waals surface area contributed by atoms with Crippen LogP contribution >= 0.6 is 11.6 Å². The quantitative estimate of drug-likeness (QED) is 0.661. The van der Waals surface area contributed by atoms with E-state index >= 15 is 0 Å². The molecule has 0 unspecified atom stereocenters. The number of halogens is 1. The van der Waals surface area contributed by atoms with E-state index in [1.165, 1.54) is 16.7 Å². The highest BCUT2D eigenvalue weighted by atomic mass is 35.5. The minimum atomic E-state index is 0.517. The Balaban J connectivity index is 3.30. The second-order valence-electron chi connectivity index (χ2n) is 3.83. The monoisotopic (exact) mass is 196 g/mol. The van der Waals surface area contributed by atoms with Crippen LogP contribution in [0.1, 0.15) is 43.4 Å². The van der Waals surface area contributed by atoms with E-state index in [-0.39, 0.29) is 0 Å². The fourth-order valence-corrected chi connectivity index (χ4v) is 2.28. The Morgan fingerprint density at radius 1 is 1.31 bits per heavy atom. The van der Waals surface area contributed by atoms with Crippen LogP contribution in [0.3, 0.4) is 0 Å². The van der Waals surface area contributed by atoms with Crippen molar-refractivity contribution in [3.05, 3.63) is 33.8 Å². The average Bonchev–Trinajstić information content (AvgIpc) is 2.01. The molecule has 0 nitrogen and oxygen atoms in total. The van der Waals surface area contributed by atoms with Gasteiger partial charge in [-0.05, 0) is 42.0 Å². The second-order valence-corrected chi connectivity index (χ2v) is 4.23. The van der Waals surface area contributed by atoms with Crippen molar-refractivity contribution in [2.45, 2.75) is 40.0 Å². The van der Waals surface area contributed by atoms with E-state index in [0.29, 0.717) is 5.92 Å². The fraction of sp³-hybridized carbons (Fsp3) is 0.500. The normalized spacial score (nSPS) is 10.9. The molecule has 0 heterocycles. The molecule has 1 aromatic carbocycles. The first-order valence-corrected chi connectivity index (χ1v) is 5.23. The van der Waals surface area contributed by atoms with Gasteiger partial charge in [-0.15, -0.1) is 0 Å². The van der Waals surface area contributed by atoms with Crippen molar-refractivity contribution < 1.29 is 0 Å². The van der Waals surface area contributed by atoms with Crippen LogP contribution in [0.5, 0.6) is 0 Å². The van der Waals surface area contributed by atoms with Crippen molar-refractivity contribution in [3.8, 4) is 0 Å². The van der Waals surface area contributed by atoms with Gasteiger partial charge in [-0.2, -0.15) is 0 Å². The highest BCUT2D eigenvalue weighted by Gasteiger charge is 2.10. The van der Waals surface area contributed by atoms with E-state index in [1.54, 1.807) is 0 Å². The third kappa shape index (κ3) is 2.25. The molecule has 0 saturated heterocycles. The van der Waals surface area contributed by atoms with Crippen molar-refractivity contribution in [3.63, 3.8) is 0 Å². The Morgan fingerprint density at radius 3 is 2.38 bits per heavy atom. The number of aryl methyl sites for hydroxylation is 2. The molecule has 0 aliphatic rings. The molecule has 0 atom stereocenters. The zero-order chi connectivity index (χ0) is 10.0. The zero-order valence-corrected chi connectivity index (χ0v) is 9.57. The lowest BCUT2D eigenvalue weighted by Crippen LogP contribution is -1.97. The van der Waals surface area contributed by atoms with Crippen LogP contribution in [0.25, 0.3) is 0 Å². The standard InChI is InChI=1S/C12H17Cl/c1-5-10-6-9(4)7-11(13)12(10)8(2)3/h6-8H,5H2,1-4H3. The fourth-order valence-electron chi connectivity index (χ4n) is 1.76. The molecule has 0 fully saturated rings. The molecular formula is C12H17Cl. The van der Waals surface area contributed by atoms with Gasteiger partial charge in [0, 0.05) is 5.02 Å². The highest BCUT2D eigenvalue weighted by molar-refractivity contribution is 6.31. The summed E-state index contributed by atoms with van der Waals surface area (Å²) in [7, 11) is 0. The SMILES string of the molecule is CCc1cc(C)cc(Cl)c1C(C)C. The van der Waals surface area contributed by atoms with E-state index < -0.39 is 0 Å². The van der Waals surface area contributed by atoms with Gasteiger partial charge in [0.1, 0.15) is 0 Å². The highest BCUT2D eigenvalue weighted by Crippen LogP contribution is 2.29. The molecule has 0 aliphatic heterocycles. The smallest absolute Gasteiger partial charge is 0.0445 e. The van der Waals surface area contributed by atoms with Gasteiger partial charge >= 0.3 is 0 Å². The van der Waals surface area contributed by atoms with Crippen LogP contribution in [0.2, 0.25) is 5.02 Å². The summed E-state index contributed by atoms with van der Waals surface area (Å²) in [5.41, 5.74) is 3.96. The Kier molecular flexibility index (Phi) is 3.38. The first-order chi connectivity index (χ1) is 6.06. The van der Waals surface area contributed by atoms with Crippen LogP contribution in [0, 0.1) is 6.92 Å². The minimum absolute atomic E-state index is 0.517. The Morgan fingerprint density at radius 2 is 1.92 bits per heavy atom. The van der Waals surface area contributed by atoms with Gasteiger partial charge in [0.15, 0.2) is 0 Å². The van der Waals surface area contributed by atoms with Crippen molar-refractivity contribution in [2.24, 2.45) is 0 Å². The molecule has 0 radical (unpaired) electrons. The van der Waals surface area contributed by atoms with Gasteiger partial charge in [-0.1, -0.05) is 38.4 Å². The molecule has 0 aromatic heterocycles. The average molecular weight is 197 g/mol. The van der Waals surface area contributed by atoms with E-state index in [2.05, 4.69) is 39.8 Å². The maximum Gasteiger partial charge on any atom is 0.0445 e. The molecule has 0 spiro atoms. The third-order valence-corrected chi connectivity index (χ3v) is 2.63. The summed E-state index contributed by atoms with van der Waals surface area (Å²) >= 11 is 6.21. The van der Waals surface area contributed by atoms with Crippen LogP contribution in [0.15, 0.2) is 12.1 Å². The van der Waals surface area contributed by atoms with Gasteiger partial charge < -0.3 is 0 Å². The van der Waals surface area contributed by atoms with Crippen LogP contribution < -0.4 is 0 Å². The van der Waals surface area contributed by atoms with E-state index in [1.807, 2.05) is 0 Å². The van der Waals surface area contributed by atoms with Crippen LogP contribution in [-0.2, 0) is 6.42 Å². The summed E-state index contributed by atoms with van der Waals surface area (Å²) < 4.78 is 0. The van der Waals surface area contributed by atoms with Crippen LogP contribution in [0.4, 0.5) is 0 Å². The summed E-state index contributed by atoms with van der Waals surface area (Å²) in [5.74, 6) is 0.517. The van der Waals surface area contributed by atoms with Gasteiger partial charge in [0.05, 0.1) is 0 Å². The van der Waals surface area contributed by atoms with Crippen molar-refractivity contribution in [2.75, 3.05) is 0 Å². The second kappa shape index (κ2) is 4.15. The largest absolute Gasteiger partial charge is 0.0840 e. The molecule has 0 N–H and O–H groups in total. The number of hydrogen-bond donors (Lipinski definition) is 0. The molecule has 1 heteroatoms. The molecule has 1 aromatic rings. The maximum atomic E-state index is 6.21. The Labute approximate surface area is 85.9 Å². The lowest BCUT2D eigenvalue weighted by atomic mass is 9.94. The molecule has 13 heavy (non-hydrogen) atoms. The predicted octanol–water partition coefficient (Wildman–Crippen LogP) is 4.33. The van der Waals surface area contributed by atoms with Crippen molar-refractivity contribution in [1.82, 2.24) is 0 Å². The zero-order valence-electron chi connectivity index (χ0n) is 8.82. The van der Waals surface area contributed by atoms with Gasteiger partial charge in [-0.25, -0.2) is 0 Å². The maximum absolute atomic E-state index is 6.21. The molecule has 0 amide bonds. The van der Waals surface area contributed by atoms with Crippen molar-refractivity contribution >= 4 is 11.6 Å². The van der Waals surface area contributed by atoms with Gasteiger partial charge in [0.2, 0.25) is 0 Å². The summed E-state index contributed by atoms with van der Waals surface area (Å²) in [6.45, 7) is 8.65. The predicted molar refractivity (Wildman–Crippen MR) is 59.7 cm³/mol. The summed E-state index contributed by atoms with van der Waals surface area (Å²) in [6.07, 6.45) is 1.06. The number of rotatable bonds is 2. The van der Waals surface area contributed by atoms with Crippen molar-refractivity contribution in [1.29, 1.82) is 0 Å². The molecular weight excluding hydrogens is 180 g/mol. The summed E-state index contributed by atoms with van der Waals surface area (Å²) in [6, 6.07) is 4.29. The molecule has 0 aliphatic carbocycles.